The van der Waals surface area contributed by atoms with Crippen molar-refractivity contribution in [2.45, 2.75) is 33.7 Å². The van der Waals surface area contributed by atoms with Gasteiger partial charge in [-0.2, -0.15) is 0 Å². The molecule has 2 aromatic carbocycles. The van der Waals surface area contributed by atoms with Crippen LogP contribution in [0.1, 0.15) is 31.4 Å². The monoisotopic (exact) mass is 407 g/mol. The number of anilines is 2. The van der Waals surface area contributed by atoms with Gasteiger partial charge in [-0.1, -0.05) is 32.0 Å². The van der Waals surface area contributed by atoms with E-state index in [9.17, 15) is 9.59 Å². The third kappa shape index (κ3) is 5.40. The van der Waals surface area contributed by atoms with Gasteiger partial charge in [0.1, 0.15) is 6.33 Å². The molecule has 3 rings (SSSR count). The van der Waals surface area contributed by atoms with Crippen LogP contribution < -0.4 is 16.0 Å². The Morgan fingerprint density at radius 1 is 1.13 bits per heavy atom. The molecule has 0 saturated heterocycles. The molecule has 0 bridgehead atoms. The number of nitrogens with one attached hydrogen (secondary N) is 3. The zero-order valence-corrected chi connectivity index (χ0v) is 17.2. The first-order valence-electron chi connectivity index (χ1n) is 9.75. The number of urea groups is 1. The summed E-state index contributed by atoms with van der Waals surface area (Å²) in [7, 11) is 0. The number of benzene rings is 2. The van der Waals surface area contributed by atoms with E-state index in [1.165, 1.54) is 11.0 Å². The number of rotatable bonds is 7. The van der Waals surface area contributed by atoms with Crippen LogP contribution in [0.25, 0.3) is 5.69 Å². The number of nitrogens with zero attached hydrogens (tertiary/aromatic N) is 4. The molecule has 0 aliphatic heterocycles. The molecule has 1 heterocycles. The lowest BCUT2D eigenvalue weighted by Gasteiger charge is -2.13. The van der Waals surface area contributed by atoms with E-state index in [2.05, 4.69) is 31.5 Å². The second-order valence-corrected chi connectivity index (χ2v) is 7.06. The summed E-state index contributed by atoms with van der Waals surface area (Å²) in [6.45, 7) is 6.10. The fourth-order valence-corrected chi connectivity index (χ4v) is 2.73. The molecule has 9 heteroatoms. The molecule has 0 saturated carbocycles. The number of carbonyl (C=O) groups excluding carboxylic acids is 2. The quantitative estimate of drug-likeness (QED) is 0.556. The van der Waals surface area contributed by atoms with Crippen LogP contribution in [0.3, 0.4) is 0 Å². The predicted molar refractivity (Wildman–Crippen MR) is 114 cm³/mol. The minimum Gasteiger partial charge on any atom is -0.334 e. The van der Waals surface area contributed by atoms with Gasteiger partial charge in [-0.3, -0.25) is 4.79 Å². The Morgan fingerprint density at radius 3 is 2.70 bits per heavy atom. The van der Waals surface area contributed by atoms with Gasteiger partial charge in [0.05, 0.1) is 5.69 Å². The van der Waals surface area contributed by atoms with Gasteiger partial charge in [0.15, 0.2) is 0 Å². The molecule has 3 amide bonds. The number of aryl methyl sites for hydroxylation is 1. The summed E-state index contributed by atoms with van der Waals surface area (Å²) in [6, 6.07) is 12.6. The lowest BCUT2D eigenvalue weighted by molar-refractivity contribution is -0.119. The smallest absolute Gasteiger partial charge is 0.319 e. The number of carbonyl (C=O) groups is 2. The number of aromatic nitrogens is 4. The number of amides is 3. The van der Waals surface area contributed by atoms with E-state index in [4.69, 9.17) is 0 Å². The SMILES string of the molecule is CC[C@@H](C)C(=O)Nc1cccc(CNC(=O)Nc2cc(-n3cnnn3)ccc2C)c1. The molecule has 3 N–H and O–H groups in total. The van der Waals surface area contributed by atoms with E-state index in [1.54, 1.807) is 6.07 Å². The normalized spacial score (nSPS) is 11.6. The molecule has 1 atom stereocenters. The van der Waals surface area contributed by atoms with Crippen LogP contribution in [0.15, 0.2) is 48.8 Å². The minimum absolute atomic E-state index is 0.0155. The van der Waals surface area contributed by atoms with Crippen LogP contribution in [0, 0.1) is 12.8 Å². The van der Waals surface area contributed by atoms with E-state index < -0.39 is 0 Å². The summed E-state index contributed by atoms with van der Waals surface area (Å²) < 4.78 is 1.52. The lowest BCUT2D eigenvalue weighted by atomic mass is 10.1. The maximum absolute atomic E-state index is 12.4. The standard InChI is InChI=1S/C21H25N7O2/c1-4-14(2)20(29)24-17-7-5-6-16(10-17)12-22-21(30)25-19-11-18(9-8-15(19)3)28-13-23-26-27-28/h5-11,13-14H,4,12H2,1-3H3,(H,24,29)(H2,22,25,30)/t14-/m1/s1. The summed E-state index contributed by atoms with van der Waals surface area (Å²) in [6.07, 6.45) is 2.27. The molecular weight excluding hydrogens is 382 g/mol. The predicted octanol–water partition coefficient (Wildman–Crippen LogP) is 3.28. The number of hydrogen-bond donors (Lipinski definition) is 3. The number of tetrazole rings is 1. The van der Waals surface area contributed by atoms with E-state index in [0.717, 1.165) is 23.2 Å². The lowest BCUT2D eigenvalue weighted by Crippen LogP contribution is -2.28. The van der Waals surface area contributed by atoms with Crippen molar-refractivity contribution < 1.29 is 9.59 Å². The van der Waals surface area contributed by atoms with Crippen molar-refractivity contribution in [1.29, 1.82) is 0 Å². The highest BCUT2D eigenvalue weighted by Gasteiger charge is 2.11. The maximum atomic E-state index is 12.4. The summed E-state index contributed by atoms with van der Waals surface area (Å²) >= 11 is 0. The minimum atomic E-state index is -0.332. The molecule has 0 aliphatic carbocycles. The first-order chi connectivity index (χ1) is 14.5. The Balaban J connectivity index is 1.59. The summed E-state index contributed by atoms with van der Waals surface area (Å²) in [5, 5.41) is 19.7. The second kappa shape index (κ2) is 9.64. The van der Waals surface area contributed by atoms with E-state index in [0.29, 0.717) is 17.9 Å². The van der Waals surface area contributed by atoms with Crippen molar-refractivity contribution in [3.63, 3.8) is 0 Å². The van der Waals surface area contributed by atoms with Crippen molar-refractivity contribution in [1.82, 2.24) is 25.5 Å². The Kier molecular flexibility index (Phi) is 6.74. The first kappa shape index (κ1) is 21.0. The first-order valence-corrected chi connectivity index (χ1v) is 9.75. The average Bonchev–Trinajstić information content (AvgIpc) is 3.28. The topological polar surface area (TPSA) is 114 Å². The highest BCUT2D eigenvalue weighted by atomic mass is 16.2. The van der Waals surface area contributed by atoms with Crippen molar-refractivity contribution in [2.75, 3.05) is 10.6 Å². The molecule has 1 aromatic heterocycles. The maximum Gasteiger partial charge on any atom is 0.319 e. The van der Waals surface area contributed by atoms with Crippen LogP contribution >= 0.6 is 0 Å². The van der Waals surface area contributed by atoms with E-state index in [-0.39, 0.29) is 17.9 Å². The Morgan fingerprint density at radius 2 is 1.97 bits per heavy atom. The van der Waals surface area contributed by atoms with Crippen molar-refractivity contribution >= 4 is 23.3 Å². The fourth-order valence-electron chi connectivity index (χ4n) is 2.73. The molecule has 30 heavy (non-hydrogen) atoms. The van der Waals surface area contributed by atoms with Crippen molar-refractivity contribution in [3.05, 3.63) is 59.9 Å². The summed E-state index contributed by atoms with van der Waals surface area (Å²) in [5.41, 5.74) is 3.91. The summed E-state index contributed by atoms with van der Waals surface area (Å²) in [4.78, 5) is 24.5. The van der Waals surface area contributed by atoms with Crippen LogP contribution in [0.4, 0.5) is 16.2 Å². The van der Waals surface area contributed by atoms with Crippen LogP contribution in [0.5, 0.6) is 0 Å². The Labute approximate surface area is 174 Å². The molecule has 3 aromatic rings. The molecule has 9 nitrogen and oxygen atoms in total. The summed E-state index contributed by atoms with van der Waals surface area (Å²) in [5.74, 6) is -0.0665. The Hall–Kier alpha value is -3.75. The van der Waals surface area contributed by atoms with E-state index in [1.807, 2.05) is 57.2 Å². The highest BCUT2D eigenvalue weighted by Crippen LogP contribution is 2.19. The van der Waals surface area contributed by atoms with Crippen LogP contribution in [-0.2, 0) is 11.3 Å². The molecule has 0 aliphatic rings. The molecule has 156 valence electrons. The molecule has 0 radical (unpaired) electrons. The van der Waals surface area contributed by atoms with Crippen molar-refractivity contribution in [3.8, 4) is 5.69 Å². The third-order valence-corrected chi connectivity index (χ3v) is 4.79. The van der Waals surface area contributed by atoms with Gasteiger partial charge in [-0.25, -0.2) is 9.48 Å². The Bertz CT molecular complexity index is 1020. The molecule has 0 fully saturated rings. The van der Waals surface area contributed by atoms with Gasteiger partial charge >= 0.3 is 6.03 Å². The van der Waals surface area contributed by atoms with Gasteiger partial charge in [-0.05, 0) is 59.2 Å². The third-order valence-electron chi connectivity index (χ3n) is 4.79. The highest BCUT2D eigenvalue weighted by molar-refractivity contribution is 5.92. The van der Waals surface area contributed by atoms with E-state index >= 15 is 0 Å². The van der Waals surface area contributed by atoms with Crippen molar-refractivity contribution in [2.24, 2.45) is 5.92 Å². The van der Waals surface area contributed by atoms with Gasteiger partial charge in [0.2, 0.25) is 5.91 Å². The van der Waals surface area contributed by atoms with Gasteiger partial charge in [-0.15, -0.1) is 5.10 Å². The van der Waals surface area contributed by atoms with Gasteiger partial charge in [0.25, 0.3) is 0 Å². The van der Waals surface area contributed by atoms with Crippen LogP contribution in [-0.4, -0.2) is 32.1 Å². The molecular formula is C21H25N7O2. The molecule has 0 unspecified atom stereocenters. The molecule has 0 spiro atoms. The fraction of sp³-hybridized carbons (Fsp3) is 0.286. The largest absolute Gasteiger partial charge is 0.334 e. The van der Waals surface area contributed by atoms with Gasteiger partial charge < -0.3 is 16.0 Å². The zero-order valence-electron chi connectivity index (χ0n) is 17.2. The van der Waals surface area contributed by atoms with Crippen LogP contribution in [0.2, 0.25) is 0 Å². The number of hydrogen-bond acceptors (Lipinski definition) is 5. The second-order valence-electron chi connectivity index (χ2n) is 7.06. The van der Waals surface area contributed by atoms with Gasteiger partial charge in [0, 0.05) is 23.8 Å². The zero-order chi connectivity index (χ0) is 21.5. The average molecular weight is 407 g/mol.